The van der Waals surface area contributed by atoms with Crippen molar-refractivity contribution in [3.8, 4) is 5.75 Å². The molecule has 2 N–H and O–H groups in total. The molecule has 2 atom stereocenters. The third-order valence-corrected chi connectivity index (χ3v) is 3.86. The lowest BCUT2D eigenvalue weighted by Crippen LogP contribution is -2.46. The zero-order valence-corrected chi connectivity index (χ0v) is 13.6. The molecule has 0 radical (unpaired) electrons. The number of rotatable bonds is 5. The van der Waals surface area contributed by atoms with Crippen LogP contribution in [0.25, 0.3) is 0 Å². The van der Waals surface area contributed by atoms with Gasteiger partial charge in [0, 0.05) is 12.6 Å². The first-order valence-corrected chi connectivity index (χ1v) is 7.91. The Labute approximate surface area is 132 Å². The second-order valence-corrected chi connectivity index (χ2v) is 5.87. The van der Waals surface area contributed by atoms with E-state index in [2.05, 4.69) is 10.6 Å². The molecule has 1 aromatic carbocycles. The molecule has 0 unspecified atom stereocenters. The molecule has 0 aromatic heterocycles. The minimum atomic E-state index is -0.135. The van der Waals surface area contributed by atoms with Crippen molar-refractivity contribution in [1.29, 1.82) is 0 Å². The van der Waals surface area contributed by atoms with Crippen LogP contribution < -0.4 is 15.4 Å². The Bertz CT molecular complexity index is 484. The quantitative estimate of drug-likeness (QED) is 0.822. The van der Waals surface area contributed by atoms with E-state index in [9.17, 15) is 4.79 Å². The molecule has 1 aromatic rings. The summed E-state index contributed by atoms with van der Waals surface area (Å²) in [6.07, 6.45) is 1.95. The second kappa shape index (κ2) is 8.03. The predicted molar refractivity (Wildman–Crippen MR) is 86.4 cm³/mol. The lowest BCUT2D eigenvalue weighted by atomic mass is 10.0. The molecular formula is C17H26N2O3. The number of hydrogen-bond acceptors (Lipinski definition) is 3. The number of carbonyl (C=O) groups excluding carboxylic acids is 1. The van der Waals surface area contributed by atoms with Crippen molar-refractivity contribution in [2.45, 2.75) is 45.8 Å². The topological polar surface area (TPSA) is 59.6 Å². The fourth-order valence-corrected chi connectivity index (χ4v) is 2.71. The fourth-order valence-electron chi connectivity index (χ4n) is 2.71. The molecule has 1 fully saturated rings. The zero-order valence-electron chi connectivity index (χ0n) is 13.6. The standard InChI is InChI=1S/C17H26N2O3/c1-12-5-4-6-13(2)16(12)22-10-8-18-17(20)19-15-7-9-21-14(3)11-15/h4-6,14-15H,7-11H2,1-3H3,(H2,18,19,20)/t14-,15-/m0/s1. The maximum Gasteiger partial charge on any atom is 0.315 e. The summed E-state index contributed by atoms with van der Waals surface area (Å²) in [5.41, 5.74) is 2.22. The van der Waals surface area contributed by atoms with Crippen LogP contribution in [0.4, 0.5) is 4.79 Å². The average Bonchev–Trinajstić information content (AvgIpc) is 2.46. The average molecular weight is 306 g/mol. The molecule has 5 heteroatoms. The Morgan fingerprint density at radius 1 is 1.36 bits per heavy atom. The number of aryl methyl sites for hydroxylation is 2. The number of benzene rings is 1. The number of nitrogens with one attached hydrogen (secondary N) is 2. The number of carbonyl (C=O) groups is 1. The Morgan fingerprint density at radius 3 is 2.77 bits per heavy atom. The summed E-state index contributed by atoms with van der Waals surface area (Å²) < 4.78 is 11.2. The molecule has 5 nitrogen and oxygen atoms in total. The molecule has 1 saturated heterocycles. The van der Waals surface area contributed by atoms with Crippen molar-refractivity contribution in [3.63, 3.8) is 0 Å². The van der Waals surface area contributed by atoms with E-state index in [4.69, 9.17) is 9.47 Å². The van der Waals surface area contributed by atoms with E-state index in [-0.39, 0.29) is 18.2 Å². The normalized spacial score (nSPS) is 21.2. The van der Waals surface area contributed by atoms with E-state index in [1.165, 1.54) is 0 Å². The van der Waals surface area contributed by atoms with Gasteiger partial charge in [0.25, 0.3) is 0 Å². The van der Waals surface area contributed by atoms with Crippen LogP contribution in [-0.2, 0) is 4.74 Å². The van der Waals surface area contributed by atoms with Crippen molar-refractivity contribution in [2.24, 2.45) is 0 Å². The summed E-state index contributed by atoms with van der Waals surface area (Å²) in [6, 6.07) is 6.12. The van der Waals surface area contributed by atoms with Crippen LogP contribution in [0.1, 0.15) is 30.9 Å². The third-order valence-electron chi connectivity index (χ3n) is 3.86. The van der Waals surface area contributed by atoms with Crippen LogP contribution in [-0.4, -0.2) is 37.9 Å². The van der Waals surface area contributed by atoms with E-state index in [1.54, 1.807) is 0 Å². The Morgan fingerprint density at radius 2 is 2.09 bits per heavy atom. The van der Waals surface area contributed by atoms with E-state index in [0.29, 0.717) is 19.8 Å². The molecule has 0 spiro atoms. The maximum atomic E-state index is 11.8. The number of hydrogen-bond donors (Lipinski definition) is 2. The van der Waals surface area contributed by atoms with Gasteiger partial charge in [0.1, 0.15) is 12.4 Å². The summed E-state index contributed by atoms with van der Waals surface area (Å²) >= 11 is 0. The Hall–Kier alpha value is -1.75. The first kappa shape index (κ1) is 16.6. The summed E-state index contributed by atoms with van der Waals surface area (Å²) in [5.74, 6) is 0.906. The van der Waals surface area contributed by atoms with Crippen LogP contribution >= 0.6 is 0 Å². The lowest BCUT2D eigenvalue weighted by Gasteiger charge is -2.27. The molecule has 2 amide bonds. The highest BCUT2D eigenvalue weighted by Crippen LogP contribution is 2.21. The van der Waals surface area contributed by atoms with Gasteiger partial charge in [0.2, 0.25) is 0 Å². The van der Waals surface area contributed by atoms with Gasteiger partial charge in [-0.2, -0.15) is 0 Å². The van der Waals surface area contributed by atoms with Gasteiger partial charge in [-0.25, -0.2) is 4.79 Å². The molecule has 1 aliphatic heterocycles. The van der Waals surface area contributed by atoms with Gasteiger partial charge in [-0.1, -0.05) is 18.2 Å². The number of ether oxygens (including phenoxy) is 2. The summed E-state index contributed by atoms with van der Waals surface area (Å²) in [4.78, 5) is 11.8. The van der Waals surface area contributed by atoms with Gasteiger partial charge in [-0.05, 0) is 44.7 Å². The fraction of sp³-hybridized carbons (Fsp3) is 0.588. The van der Waals surface area contributed by atoms with E-state index >= 15 is 0 Å². The van der Waals surface area contributed by atoms with Gasteiger partial charge < -0.3 is 20.1 Å². The van der Waals surface area contributed by atoms with Crippen molar-refractivity contribution >= 4 is 6.03 Å². The number of urea groups is 1. The van der Waals surface area contributed by atoms with E-state index in [1.807, 2.05) is 39.0 Å². The molecule has 22 heavy (non-hydrogen) atoms. The minimum absolute atomic E-state index is 0.135. The van der Waals surface area contributed by atoms with Gasteiger partial charge in [-0.15, -0.1) is 0 Å². The highest BCUT2D eigenvalue weighted by Gasteiger charge is 2.20. The van der Waals surface area contributed by atoms with Crippen LogP contribution in [0.5, 0.6) is 5.75 Å². The van der Waals surface area contributed by atoms with Gasteiger partial charge in [-0.3, -0.25) is 0 Å². The molecule has 122 valence electrons. The molecular weight excluding hydrogens is 280 g/mol. The third kappa shape index (κ3) is 4.91. The smallest absolute Gasteiger partial charge is 0.315 e. The first-order chi connectivity index (χ1) is 10.6. The lowest BCUT2D eigenvalue weighted by molar-refractivity contribution is 0.0154. The molecule has 0 bridgehead atoms. The van der Waals surface area contributed by atoms with Crippen LogP contribution in [0, 0.1) is 13.8 Å². The largest absolute Gasteiger partial charge is 0.491 e. The molecule has 2 rings (SSSR count). The van der Waals surface area contributed by atoms with Crippen molar-refractivity contribution in [3.05, 3.63) is 29.3 Å². The maximum absolute atomic E-state index is 11.8. The SMILES string of the molecule is Cc1cccc(C)c1OCCNC(=O)N[C@H]1CCO[C@@H](C)C1. The summed E-state index contributed by atoms with van der Waals surface area (Å²) in [7, 11) is 0. The van der Waals surface area contributed by atoms with E-state index < -0.39 is 0 Å². The Kier molecular flexibility index (Phi) is 6.07. The molecule has 1 aliphatic rings. The molecule has 1 heterocycles. The van der Waals surface area contributed by atoms with Gasteiger partial charge in [0.05, 0.1) is 12.6 Å². The van der Waals surface area contributed by atoms with Gasteiger partial charge in [0.15, 0.2) is 0 Å². The van der Waals surface area contributed by atoms with Crippen molar-refractivity contribution in [1.82, 2.24) is 10.6 Å². The predicted octanol–water partition coefficient (Wildman–Crippen LogP) is 2.55. The van der Waals surface area contributed by atoms with Crippen molar-refractivity contribution < 1.29 is 14.3 Å². The van der Waals surface area contributed by atoms with Crippen LogP contribution in [0.3, 0.4) is 0 Å². The summed E-state index contributed by atoms with van der Waals surface area (Å²) in [5, 5.41) is 5.82. The minimum Gasteiger partial charge on any atom is -0.491 e. The highest BCUT2D eigenvalue weighted by molar-refractivity contribution is 5.74. The Balaban J connectivity index is 1.67. The van der Waals surface area contributed by atoms with Crippen molar-refractivity contribution in [2.75, 3.05) is 19.8 Å². The zero-order chi connectivity index (χ0) is 15.9. The summed E-state index contributed by atoms with van der Waals surface area (Å²) in [6.45, 7) is 7.73. The monoisotopic (exact) mass is 306 g/mol. The number of para-hydroxylation sites is 1. The molecule has 0 aliphatic carbocycles. The van der Waals surface area contributed by atoms with Crippen LogP contribution in [0.2, 0.25) is 0 Å². The highest BCUT2D eigenvalue weighted by atomic mass is 16.5. The molecule has 0 saturated carbocycles. The van der Waals surface area contributed by atoms with Crippen LogP contribution in [0.15, 0.2) is 18.2 Å². The van der Waals surface area contributed by atoms with E-state index in [0.717, 1.165) is 29.7 Å². The number of amides is 2. The van der Waals surface area contributed by atoms with Gasteiger partial charge >= 0.3 is 6.03 Å². The first-order valence-electron chi connectivity index (χ1n) is 7.91. The second-order valence-electron chi connectivity index (χ2n) is 5.87.